The number of carboxylic acids is 1. The van der Waals surface area contributed by atoms with Crippen LogP contribution in [0.15, 0.2) is 18.3 Å². The van der Waals surface area contributed by atoms with Gasteiger partial charge >= 0.3 is 0 Å². The summed E-state index contributed by atoms with van der Waals surface area (Å²) in [5, 5.41) is 19.9. The lowest BCUT2D eigenvalue weighted by atomic mass is 10.1. The average Bonchev–Trinajstić information content (AvgIpc) is 2.86. The Labute approximate surface area is 141 Å². The number of hydrogen-bond donors (Lipinski definition) is 4. The maximum Gasteiger partial charge on any atom is 0.300 e. The number of nitrogens with one attached hydrogen (secondary N) is 1. The quantitative estimate of drug-likeness (QED) is 0.590. The molecule has 8 nitrogen and oxygen atoms in total. The van der Waals surface area contributed by atoms with Crippen LogP contribution in [0.5, 0.6) is 5.88 Å². The molecule has 0 saturated heterocycles. The molecular weight excluding hydrogens is 314 g/mol. The number of pyridine rings is 1. The molecule has 0 aliphatic heterocycles. The number of ether oxygens (including phenoxy) is 1. The van der Waals surface area contributed by atoms with Gasteiger partial charge in [0.05, 0.1) is 13.2 Å². The Morgan fingerprint density at radius 2 is 2.12 bits per heavy atom. The number of amides is 1. The summed E-state index contributed by atoms with van der Waals surface area (Å²) < 4.78 is 5.16. The maximum atomic E-state index is 12.0. The van der Waals surface area contributed by atoms with Gasteiger partial charge in [0.1, 0.15) is 0 Å². The van der Waals surface area contributed by atoms with E-state index in [0.29, 0.717) is 31.7 Å². The number of rotatable bonds is 5. The van der Waals surface area contributed by atoms with E-state index in [-0.39, 0.29) is 17.9 Å². The molecule has 1 aromatic rings. The van der Waals surface area contributed by atoms with Crippen LogP contribution in [-0.2, 0) is 16.0 Å². The summed E-state index contributed by atoms with van der Waals surface area (Å²) in [6, 6.07) is 3.48. The number of aliphatic hydroxyl groups is 1. The van der Waals surface area contributed by atoms with Gasteiger partial charge in [0.25, 0.3) is 5.97 Å². The van der Waals surface area contributed by atoms with Crippen LogP contribution >= 0.6 is 0 Å². The van der Waals surface area contributed by atoms with Gasteiger partial charge in [0.15, 0.2) is 0 Å². The Morgan fingerprint density at radius 3 is 2.67 bits per heavy atom. The van der Waals surface area contributed by atoms with Crippen molar-refractivity contribution in [3.8, 4) is 5.88 Å². The molecule has 24 heavy (non-hydrogen) atoms. The molecule has 0 aromatic carbocycles. The van der Waals surface area contributed by atoms with Crippen LogP contribution in [0.3, 0.4) is 0 Å². The van der Waals surface area contributed by atoms with Crippen molar-refractivity contribution in [1.82, 2.24) is 10.3 Å². The van der Waals surface area contributed by atoms with Crippen molar-refractivity contribution in [2.75, 3.05) is 13.7 Å². The highest BCUT2D eigenvalue weighted by molar-refractivity contribution is 5.79. The molecule has 134 valence electrons. The highest BCUT2D eigenvalue weighted by atomic mass is 16.5. The molecule has 3 atom stereocenters. The van der Waals surface area contributed by atoms with Crippen molar-refractivity contribution >= 4 is 11.9 Å². The Morgan fingerprint density at radius 1 is 1.46 bits per heavy atom. The average molecular weight is 339 g/mol. The number of aliphatic hydroxyl groups excluding tert-OH is 1. The first-order chi connectivity index (χ1) is 11.3. The lowest BCUT2D eigenvalue weighted by Gasteiger charge is -2.11. The number of carbonyl (C=O) groups is 2. The molecule has 1 fully saturated rings. The van der Waals surface area contributed by atoms with E-state index in [1.54, 1.807) is 13.3 Å². The topological polar surface area (TPSA) is 135 Å². The van der Waals surface area contributed by atoms with E-state index in [2.05, 4.69) is 10.3 Å². The second kappa shape index (κ2) is 9.84. The standard InChI is InChI=1S/C14H21N3O3.C2H4O2/c1-20-14-9(3-2-5-17-14)4-6-16-13(19)10-7-11(15)12(18)8-10;1-2(3)4/h2-3,5,10-12,18H,4,6-8,15H2,1H3,(H,16,19);1H3,(H,3,4)/t10-,11+,12+;/m0./s1. The molecule has 0 radical (unpaired) electrons. The SMILES string of the molecule is CC(=O)O.COc1ncccc1CCNC(=O)[C@H]1C[C@@H](N)[C@H](O)C1. The van der Waals surface area contributed by atoms with Gasteiger partial charge in [-0.3, -0.25) is 9.59 Å². The second-order valence-electron chi connectivity index (χ2n) is 5.63. The minimum absolute atomic E-state index is 0.0418. The van der Waals surface area contributed by atoms with Crippen molar-refractivity contribution in [3.05, 3.63) is 23.9 Å². The fraction of sp³-hybridized carbons (Fsp3) is 0.562. The van der Waals surface area contributed by atoms with Crippen molar-refractivity contribution in [2.45, 2.75) is 38.3 Å². The minimum Gasteiger partial charge on any atom is -0.481 e. The number of aliphatic carboxylic acids is 1. The van der Waals surface area contributed by atoms with E-state index in [1.807, 2.05) is 12.1 Å². The van der Waals surface area contributed by atoms with Gasteiger partial charge in [-0.05, 0) is 25.3 Å². The molecule has 1 saturated carbocycles. The first kappa shape index (κ1) is 19.9. The number of aromatic nitrogens is 1. The van der Waals surface area contributed by atoms with E-state index < -0.39 is 12.1 Å². The summed E-state index contributed by atoms with van der Waals surface area (Å²) >= 11 is 0. The number of carboxylic acid groups (broad SMARTS) is 1. The van der Waals surface area contributed by atoms with Crippen LogP contribution in [0.4, 0.5) is 0 Å². The first-order valence-electron chi connectivity index (χ1n) is 7.74. The summed E-state index contributed by atoms with van der Waals surface area (Å²) in [5.74, 6) is -0.476. The van der Waals surface area contributed by atoms with Crippen LogP contribution in [0.1, 0.15) is 25.3 Å². The normalized spacial score (nSPS) is 22.2. The van der Waals surface area contributed by atoms with Crippen molar-refractivity contribution in [3.63, 3.8) is 0 Å². The highest BCUT2D eigenvalue weighted by Crippen LogP contribution is 2.24. The Hall–Kier alpha value is -2.19. The second-order valence-corrected chi connectivity index (χ2v) is 5.63. The first-order valence-corrected chi connectivity index (χ1v) is 7.74. The number of hydrogen-bond acceptors (Lipinski definition) is 6. The van der Waals surface area contributed by atoms with Crippen LogP contribution in [0, 0.1) is 5.92 Å². The molecule has 1 amide bonds. The molecule has 5 N–H and O–H groups in total. The summed E-state index contributed by atoms with van der Waals surface area (Å²) in [4.78, 5) is 25.1. The molecule has 2 rings (SSSR count). The summed E-state index contributed by atoms with van der Waals surface area (Å²) in [6.45, 7) is 1.60. The predicted molar refractivity (Wildman–Crippen MR) is 87.5 cm³/mol. The third-order valence-electron chi connectivity index (χ3n) is 3.68. The lowest BCUT2D eigenvalue weighted by molar-refractivity contribution is -0.134. The minimum atomic E-state index is -0.833. The van der Waals surface area contributed by atoms with Crippen LogP contribution in [-0.4, -0.2) is 52.9 Å². The number of methoxy groups -OCH3 is 1. The van der Waals surface area contributed by atoms with Gasteiger partial charge in [-0.15, -0.1) is 0 Å². The summed E-state index contributed by atoms with van der Waals surface area (Å²) in [7, 11) is 1.58. The Balaban J connectivity index is 0.000000648. The zero-order valence-electron chi connectivity index (χ0n) is 13.9. The predicted octanol–water partition coefficient (Wildman–Crippen LogP) is -0.0620. The van der Waals surface area contributed by atoms with Crippen molar-refractivity contribution < 1.29 is 24.5 Å². The molecular formula is C16H25N3O5. The zero-order valence-corrected chi connectivity index (χ0v) is 13.9. The van der Waals surface area contributed by atoms with E-state index in [9.17, 15) is 9.90 Å². The maximum absolute atomic E-state index is 12.0. The van der Waals surface area contributed by atoms with Gasteiger partial charge in [-0.2, -0.15) is 0 Å². The van der Waals surface area contributed by atoms with E-state index in [1.165, 1.54) is 0 Å². The Bertz CT molecular complexity index is 538. The van der Waals surface area contributed by atoms with Crippen LogP contribution in [0.2, 0.25) is 0 Å². The number of carbonyl (C=O) groups excluding carboxylic acids is 1. The Kier molecular flexibility index (Phi) is 8.14. The molecule has 0 bridgehead atoms. The van der Waals surface area contributed by atoms with Crippen molar-refractivity contribution in [1.29, 1.82) is 0 Å². The molecule has 0 spiro atoms. The third kappa shape index (κ3) is 6.51. The number of nitrogens with zero attached hydrogens (tertiary/aromatic N) is 1. The summed E-state index contributed by atoms with van der Waals surface area (Å²) in [5.41, 5.74) is 6.67. The van der Waals surface area contributed by atoms with E-state index in [0.717, 1.165) is 12.5 Å². The lowest BCUT2D eigenvalue weighted by Crippen LogP contribution is -2.32. The summed E-state index contributed by atoms with van der Waals surface area (Å²) in [6.07, 6.45) is 2.75. The largest absolute Gasteiger partial charge is 0.481 e. The van der Waals surface area contributed by atoms with E-state index >= 15 is 0 Å². The van der Waals surface area contributed by atoms with Gasteiger partial charge in [0.2, 0.25) is 11.8 Å². The molecule has 1 aliphatic rings. The molecule has 1 aliphatic carbocycles. The van der Waals surface area contributed by atoms with E-state index in [4.69, 9.17) is 20.4 Å². The molecule has 1 heterocycles. The van der Waals surface area contributed by atoms with Crippen LogP contribution < -0.4 is 15.8 Å². The molecule has 8 heteroatoms. The fourth-order valence-electron chi connectivity index (χ4n) is 2.53. The van der Waals surface area contributed by atoms with Gasteiger partial charge in [-0.1, -0.05) is 6.07 Å². The fourth-order valence-corrected chi connectivity index (χ4v) is 2.53. The van der Waals surface area contributed by atoms with Gasteiger partial charge in [0, 0.05) is 37.2 Å². The van der Waals surface area contributed by atoms with Gasteiger partial charge in [-0.25, -0.2) is 4.98 Å². The zero-order chi connectivity index (χ0) is 18.1. The monoisotopic (exact) mass is 339 g/mol. The number of nitrogens with two attached hydrogens (primary N) is 1. The third-order valence-corrected chi connectivity index (χ3v) is 3.68. The molecule has 0 unspecified atom stereocenters. The van der Waals surface area contributed by atoms with Gasteiger partial charge < -0.3 is 26.0 Å². The van der Waals surface area contributed by atoms with Crippen LogP contribution in [0.25, 0.3) is 0 Å². The molecule has 1 aromatic heterocycles. The highest BCUT2D eigenvalue weighted by Gasteiger charge is 2.34. The van der Waals surface area contributed by atoms with Crippen molar-refractivity contribution in [2.24, 2.45) is 11.7 Å². The smallest absolute Gasteiger partial charge is 0.300 e.